The third kappa shape index (κ3) is 2.61. The minimum atomic E-state index is -3.79. The van der Waals surface area contributed by atoms with E-state index in [0.29, 0.717) is 5.69 Å². The van der Waals surface area contributed by atoms with Gasteiger partial charge in [-0.05, 0) is 18.2 Å². The lowest BCUT2D eigenvalue weighted by Gasteiger charge is -2.18. The van der Waals surface area contributed by atoms with Crippen molar-refractivity contribution in [1.82, 2.24) is 9.97 Å². The van der Waals surface area contributed by atoms with Gasteiger partial charge in [0.25, 0.3) is 15.6 Å². The van der Waals surface area contributed by atoms with Gasteiger partial charge < -0.3 is 4.98 Å². The summed E-state index contributed by atoms with van der Waals surface area (Å²) in [6.45, 7) is 0. The molecule has 1 N–H and O–H groups in total. The molecule has 0 saturated carbocycles. The number of aromatic nitrogens is 2. The summed E-state index contributed by atoms with van der Waals surface area (Å²) in [6.07, 6.45) is 4.07. The maximum atomic E-state index is 12.3. The van der Waals surface area contributed by atoms with Crippen LogP contribution in [-0.2, 0) is 10.0 Å². The Morgan fingerprint density at radius 3 is 2.74 bits per heavy atom. The molecule has 19 heavy (non-hydrogen) atoms. The molecule has 2 rings (SSSR count). The molecule has 2 heterocycles. The van der Waals surface area contributed by atoms with E-state index in [1.54, 1.807) is 18.3 Å². The predicted molar refractivity (Wildman–Crippen MR) is 71.9 cm³/mol. The van der Waals surface area contributed by atoms with Crippen molar-refractivity contribution in [2.24, 2.45) is 0 Å². The zero-order valence-electron chi connectivity index (χ0n) is 9.87. The second-order valence-electron chi connectivity index (χ2n) is 3.70. The molecular formula is C11H10ClN3O3S. The van der Waals surface area contributed by atoms with Crippen LogP contribution in [0.4, 0.5) is 5.69 Å². The van der Waals surface area contributed by atoms with Gasteiger partial charge in [0.2, 0.25) is 0 Å². The van der Waals surface area contributed by atoms with Crippen molar-refractivity contribution in [3.63, 3.8) is 0 Å². The number of H-pyrrole nitrogens is 1. The first-order valence-electron chi connectivity index (χ1n) is 5.20. The molecule has 0 fully saturated rings. The van der Waals surface area contributed by atoms with Crippen LogP contribution in [0.15, 0.2) is 46.5 Å². The van der Waals surface area contributed by atoms with Gasteiger partial charge in [-0.1, -0.05) is 11.6 Å². The Labute approximate surface area is 114 Å². The van der Waals surface area contributed by atoms with E-state index < -0.39 is 15.6 Å². The van der Waals surface area contributed by atoms with E-state index in [1.807, 2.05) is 0 Å². The lowest BCUT2D eigenvalue weighted by Crippen LogP contribution is -2.27. The van der Waals surface area contributed by atoms with Gasteiger partial charge in [-0.25, -0.2) is 8.42 Å². The summed E-state index contributed by atoms with van der Waals surface area (Å²) in [7, 11) is -2.40. The summed E-state index contributed by atoms with van der Waals surface area (Å²) >= 11 is 5.63. The van der Waals surface area contributed by atoms with Gasteiger partial charge in [0, 0.05) is 19.4 Å². The smallest absolute Gasteiger partial charge is 0.266 e. The molecule has 100 valence electrons. The van der Waals surface area contributed by atoms with Crippen molar-refractivity contribution in [2.75, 3.05) is 11.4 Å². The van der Waals surface area contributed by atoms with Crippen molar-refractivity contribution in [3.8, 4) is 0 Å². The largest absolute Gasteiger partial charge is 0.326 e. The lowest BCUT2D eigenvalue weighted by atomic mass is 10.4. The average molecular weight is 300 g/mol. The Morgan fingerprint density at radius 1 is 1.42 bits per heavy atom. The van der Waals surface area contributed by atoms with Crippen LogP contribution < -0.4 is 9.86 Å². The van der Waals surface area contributed by atoms with Gasteiger partial charge in [0.05, 0.1) is 11.9 Å². The minimum absolute atomic E-state index is 0.0940. The van der Waals surface area contributed by atoms with E-state index in [1.165, 1.54) is 13.2 Å². The first kappa shape index (κ1) is 13.6. The number of hydrogen-bond donors (Lipinski definition) is 1. The molecule has 0 unspecified atom stereocenters. The molecule has 8 heteroatoms. The quantitative estimate of drug-likeness (QED) is 0.924. The van der Waals surface area contributed by atoms with Crippen LogP contribution in [0, 0.1) is 0 Å². The first-order valence-corrected chi connectivity index (χ1v) is 7.02. The average Bonchev–Trinajstić information content (AvgIpc) is 2.41. The number of anilines is 1. The summed E-state index contributed by atoms with van der Waals surface area (Å²) in [4.78, 5) is 17.2. The third-order valence-corrected chi connectivity index (χ3v) is 4.54. The summed E-state index contributed by atoms with van der Waals surface area (Å²) in [5, 5.41) is -0.180. The molecule has 0 aliphatic carbocycles. The van der Waals surface area contributed by atoms with Crippen molar-refractivity contribution >= 4 is 27.3 Å². The second kappa shape index (κ2) is 5.02. The fourth-order valence-electron chi connectivity index (χ4n) is 1.42. The summed E-state index contributed by atoms with van der Waals surface area (Å²) in [5.41, 5.74) is -0.130. The topological polar surface area (TPSA) is 83.1 Å². The van der Waals surface area contributed by atoms with Crippen molar-refractivity contribution in [2.45, 2.75) is 4.90 Å². The summed E-state index contributed by atoms with van der Waals surface area (Å²) < 4.78 is 25.7. The second-order valence-corrected chi connectivity index (χ2v) is 6.07. The Morgan fingerprint density at radius 2 is 2.16 bits per heavy atom. The van der Waals surface area contributed by atoms with Gasteiger partial charge in [-0.3, -0.25) is 14.1 Å². The first-order chi connectivity index (χ1) is 8.93. The fraction of sp³-hybridized carbons (Fsp3) is 0.0909. The van der Waals surface area contributed by atoms with Crippen LogP contribution >= 0.6 is 11.6 Å². The van der Waals surface area contributed by atoms with E-state index in [4.69, 9.17) is 11.6 Å². The van der Waals surface area contributed by atoms with Crippen LogP contribution in [-0.4, -0.2) is 25.4 Å². The molecule has 0 saturated heterocycles. The maximum Gasteiger partial charge on any atom is 0.266 e. The molecule has 0 aromatic carbocycles. The minimum Gasteiger partial charge on any atom is -0.326 e. The summed E-state index contributed by atoms with van der Waals surface area (Å²) in [6, 6.07) is 4.35. The maximum absolute atomic E-state index is 12.3. The van der Waals surface area contributed by atoms with Crippen molar-refractivity contribution in [3.05, 3.63) is 52.2 Å². The molecule has 0 bridgehead atoms. The molecule has 0 amide bonds. The number of sulfonamides is 1. The van der Waals surface area contributed by atoms with E-state index in [9.17, 15) is 13.2 Å². The standard InChI is InChI=1S/C11H10ClN3O3S/c1-15(8-3-2-4-13-6-8)19(17,18)9-5-10(12)11(16)14-7-9/h2-7H,1H3,(H,14,16). The van der Waals surface area contributed by atoms with Gasteiger partial charge in [-0.15, -0.1) is 0 Å². The van der Waals surface area contributed by atoms with Gasteiger partial charge in [0.15, 0.2) is 0 Å². The van der Waals surface area contributed by atoms with Crippen LogP contribution in [0.2, 0.25) is 5.02 Å². The highest BCUT2D eigenvalue weighted by molar-refractivity contribution is 7.92. The lowest BCUT2D eigenvalue weighted by molar-refractivity contribution is 0.594. The molecule has 6 nitrogen and oxygen atoms in total. The van der Waals surface area contributed by atoms with E-state index in [-0.39, 0.29) is 9.92 Å². The third-order valence-electron chi connectivity index (χ3n) is 2.50. The number of nitrogens with one attached hydrogen (secondary N) is 1. The molecule has 0 aliphatic rings. The number of nitrogens with zero attached hydrogens (tertiary/aromatic N) is 2. The Kier molecular flexibility index (Phi) is 3.59. The molecule has 0 aliphatic heterocycles. The van der Waals surface area contributed by atoms with E-state index in [2.05, 4.69) is 9.97 Å². The van der Waals surface area contributed by atoms with Crippen LogP contribution in [0.3, 0.4) is 0 Å². The van der Waals surface area contributed by atoms with Crippen LogP contribution in [0.5, 0.6) is 0 Å². The molecule has 0 radical (unpaired) electrons. The molecule has 0 spiro atoms. The Bertz CT molecular complexity index is 743. The number of halogens is 1. The predicted octanol–water partition coefficient (Wildman–Crippen LogP) is 1.25. The summed E-state index contributed by atoms with van der Waals surface area (Å²) in [5.74, 6) is 0. The van der Waals surface area contributed by atoms with Gasteiger partial charge in [-0.2, -0.15) is 0 Å². The SMILES string of the molecule is CN(c1cccnc1)S(=O)(=O)c1c[nH]c(=O)c(Cl)c1. The van der Waals surface area contributed by atoms with Gasteiger partial charge >= 0.3 is 0 Å². The molecule has 2 aromatic rings. The molecule has 2 aromatic heterocycles. The van der Waals surface area contributed by atoms with Crippen LogP contribution in [0.1, 0.15) is 0 Å². The zero-order chi connectivity index (χ0) is 14.0. The number of hydrogen-bond acceptors (Lipinski definition) is 4. The highest BCUT2D eigenvalue weighted by atomic mass is 35.5. The number of aromatic amines is 1. The molecule has 0 atom stereocenters. The van der Waals surface area contributed by atoms with Gasteiger partial charge in [0.1, 0.15) is 9.92 Å². The van der Waals surface area contributed by atoms with E-state index >= 15 is 0 Å². The highest BCUT2D eigenvalue weighted by Crippen LogP contribution is 2.21. The normalized spacial score (nSPS) is 11.3. The van der Waals surface area contributed by atoms with Crippen LogP contribution in [0.25, 0.3) is 0 Å². The van der Waals surface area contributed by atoms with Crippen molar-refractivity contribution < 1.29 is 8.42 Å². The molecular weight excluding hydrogens is 290 g/mol. The van der Waals surface area contributed by atoms with E-state index in [0.717, 1.165) is 16.6 Å². The fourth-order valence-corrected chi connectivity index (χ4v) is 2.84. The monoisotopic (exact) mass is 299 g/mol. The zero-order valence-corrected chi connectivity index (χ0v) is 11.4. The number of rotatable bonds is 3. The highest BCUT2D eigenvalue weighted by Gasteiger charge is 2.22. The Hall–Kier alpha value is -1.86. The Balaban J connectivity index is 2.48. The number of pyridine rings is 2. The van der Waals surface area contributed by atoms with Crippen molar-refractivity contribution in [1.29, 1.82) is 0 Å².